The maximum Gasteiger partial charge on any atom is 0.239 e. The molecule has 2 N–H and O–H groups in total. The topological polar surface area (TPSA) is 64.7 Å². The summed E-state index contributed by atoms with van der Waals surface area (Å²) in [5.41, 5.74) is 4.88. The van der Waals surface area contributed by atoms with Crippen molar-refractivity contribution < 1.29 is 9.59 Å². The monoisotopic (exact) mass is 406 g/mol. The molecule has 30 heavy (non-hydrogen) atoms. The molecule has 0 saturated heterocycles. The van der Waals surface area contributed by atoms with E-state index < -0.39 is 0 Å². The highest BCUT2D eigenvalue weighted by Crippen LogP contribution is 2.32. The molecule has 2 amide bonds. The van der Waals surface area contributed by atoms with E-state index in [1.165, 1.54) is 11.1 Å². The van der Waals surface area contributed by atoms with E-state index in [0.717, 1.165) is 24.2 Å². The van der Waals surface area contributed by atoms with E-state index in [4.69, 9.17) is 0 Å². The molecule has 0 bridgehead atoms. The Morgan fingerprint density at radius 2 is 1.17 bits per heavy atom. The molecule has 2 heterocycles. The van der Waals surface area contributed by atoms with Gasteiger partial charge in [0.05, 0.1) is 13.1 Å². The number of rotatable bonds is 7. The molecule has 6 heteroatoms. The number of benzene rings is 2. The molecule has 4 rings (SSSR count). The van der Waals surface area contributed by atoms with E-state index in [1.807, 2.05) is 24.3 Å². The fourth-order valence-corrected chi connectivity index (χ4v) is 4.57. The van der Waals surface area contributed by atoms with Gasteiger partial charge in [0.25, 0.3) is 0 Å². The minimum atomic E-state index is -0.0186. The molecule has 0 fully saturated rings. The Bertz CT molecular complexity index is 853. The number of hydrogen-bond acceptors (Lipinski definition) is 4. The number of carbonyl (C=O) groups excluding carboxylic acids is 2. The number of fused-ring (bicyclic) bond motifs is 2. The molecule has 6 nitrogen and oxygen atoms in total. The van der Waals surface area contributed by atoms with Gasteiger partial charge in [-0.3, -0.25) is 9.59 Å². The Kier molecular flexibility index (Phi) is 5.93. The lowest BCUT2D eigenvalue weighted by molar-refractivity contribution is -0.121. The number of nitrogens with one attached hydrogen (secondary N) is 2. The van der Waals surface area contributed by atoms with Crippen molar-refractivity contribution in [2.24, 2.45) is 0 Å². The van der Waals surface area contributed by atoms with Crippen LogP contribution in [0, 0.1) is 0 Å². The first kappa shape index (κ1) is 20.3. The Labute approximate surface area is 178 Å². The second kappa shape index (κ2) is 8.78. The van der Waals surface area contributed by atoms with Crippen LogP contribution in [0.4, 0.5) is 11.4 Å². The van der Waals surface area contributed by atoms with Gasteiger partial charge in [-0.15, -0.1) is 0 Å². The van der Waals surface area contributed by atoms with Crippen LogP contribution in [0.3, 0.4) is 0 Å². The van der Waals surface area contributed by atoms with Crippen LogP contribution in [0.15, 0.2) is 48.5 Å². The summed E-state index contributed by atoms with van der Waals surface area (Å²) >= 11 is 0. The van der Waals surface area contributed by atoms with Gasteiger partial charge in [-0.05, 0) is 49.9 Å². The Morgan fingerprint density at radius 3 is 1.60 bits per heavy atom. The fraction of sp³-hybridized carbons (Fsp3) is 0.417. The first-order chi connectivity index (χ1) is 14.5. The molecule has 0 aromatic heterocycles. The normalized spacial score (nSPS) is 19.4. The van der Waals surface area contributed by atoms with Gasteiger partial charge in [-0.2, -0.15) is 0 Å². The lowest BCUT2D eigenvalue weighted by atomic mass is 10.1. The van der Waals surface area contributed by atoms with Crippen LogP contribution in [0.25, 0.3) is 0 Å². The standard InChI is InChI=1S/C24H30N4O2/c1-17-13-19-7-3-5-9-21(19)27(17)15-23(29)25-11-12-26-24(30)16-28-18(2)14-20-8-4-6-10-22(20)28/h3-10,17-18H,11-16H2,1-2H3,(H,25,29)(H,26,30). The van der Waals surface area contributed by atoms with Gasteiger partial charge in [0, 0.05) is 36.5 Å². The molecule has 0 spiro atoms. The summed E-state index contributed by atoms with van der Waals surface area (Å²) in [4.78, 5) is 29.1. The van der Waals surface area contributed by atoms with Gasteiger partial charge in [-0.1, -0.05) is 36.4 Å². The van der Waals surface area contributed by atoms with Crippen LogP contribution in [0.2, 0.25) is 0 Å². The van der Waals surface area contributed by atoms with Crippen molar-refractivity contribution in [2.75, 3.05) is 36.0 Å². The van der Waals surface area contributed by atoms with Gasteiger partial charge >= 0.3 is 0 Å². The maximum atomic E-state index is 12.4. The summed E-state index contributed by atoms with van der Waals surface area (Å²) < 4.78 is 0. The highest BCUT2D eigenvalue weighted by Gasteiger charge is 2.28. The Balaban J connectivity index is 1.19. The molecule has 2 unspecified atom stereocenters. The molecular weight excluding hydrogens is 376 g/mol. The van der Waals surface area contributed by atoms with Crippen LogP contribution >= 0.6 is 0 Å². The van der Waals surface area contributed by atoms with Crippen molar-refractivity contribution in [3.05, 3.63) is 59.7 Å². The van der Waals surface area contributed by atoms with Crippen LogP contribution in [-0.2, 0) is 22.4 Å². The van der Waals surface area contributed by atoms with Crippen molar-refractivity contribution in [2.45, 2.75) is 38.8 Å². The molecule has 158 valence electrons. The van der Waals surface area contributed by atoms with Crippen molar-refractivity contribution in [1.82, 2.24) is 10.6 Å². The predicted octanol–water partition coefficient (Wildman–Crippen LogP) is 2.12. The largest absolute Gasteiger partial charge is 0.359 e. The molecule has 0 radical (unpaired) electrons. The number of nitrogens with zero attached hydrogens (tertiary/aromatic N) is 2. The molecule has 0 saturated carbocycles. The van der Waals surface area contributed by atoms with Crippen LogP contribution in [0.1, 0.15) is 25.0 Å². The van der Waals surface area contributed by atoms with Crippen molar-refractivity contribution in [3.63, 3.8) is 0 Å². The second-order valence-electron chi connectivity index (χ2n) is 8.32. The van der Waals surface area contributed by atoms with Crippen LogP contribution < -0.4 is 20.4 Å². The first-order valence-electron chi connectivity index (χ1n) is 10.8. The molecule has 2 aliphatic rings. The Hall–Kier alpha value is -3.02. The quantitative estimate of drug-likeness (QED) is 0.692. The van der Waals surface area contributed by atoms with Crippen molar-refractivity contribution in [3.8, 4) is 0 Å². The molecule has 2 aromatic carbocycles. The molecule has 2 aromatic rings. The zero-order valence-corrected chi connectivity index (χ0v) is 17.7. The van der Waals surface area contributed by atoms with Gasteiger partial charge in [-0.25, -0.2) is 0 Å². The predicted molar refractivity (Wildman–Crippen MR) is 120 cm³/mol. The average molecular weight is 407 g/mol. The van der Waals surface area contributed by atoms with Crippen molar-refractivity contribution in [1.29, 1.82) is 0 Å². The smallest absolute Gasteiger partial charge is 0.239 e. The van der Waals surface area contributed by atoms with E-state index in [2.05, 4.69) is 58.5 Å². The van der Waals surface area contributed by atoms with E-state index in [0.29, 0.717) is 38.3 Å². The summed E-state index contributed by atoms with van der Waals surface area (Å²) in [5, 5.41) is 5.85. The third-order valence-electron chi connectivity index (χ3n) is 6.09. The number of carbonyl (C=O) groups is 2. The first-order valence-corrected chi connectivity index (χ1v) is 10.8. The number of hydrogen-bond donors (Lipinski definition) is 2. The highest BCUT2D eigenvalue weighted by molar-refractivity contribution is 5.84. The second-order valence-corrected chi connectivity index (χ2v) is 8.32. The van der Waals surface area contributed by atoms with E-state index in [1.54, 1.807) is 0 Å². The molecular formula is C24H30N4O2. The van der Waals surface area contributed by atoms with Gasteiger partial charge in [0.15, 0.2) is 0 Å². The summed E-state index contributed by atoms with van der Waals surface area (Å²) in [6.45, 7) is 5.83. The van der Waals surface area contributed by atoms with Crippen LogP contribution in [0.5, 0.6) is 0 Å². The van der Waals surface area contributed by atoms with Crippen LogP contribution in [-0.4, -0.2) is 50.1 Å². The summed E-state index contributed by atoms with van der Waals surface area (Å²) in [5.74, 6) is -0.0372. The average Bonchev–Trinajstić information content (AvgIpc) is 3.22. The minimum absolute atomic E-state index is 0.0186. The lowest BCUT2D eigenvalue weighted by Crippen LogP contribution is -2.44. The van der Waals surface area contributed by atoms with E-state index >= 15 is 0 Å². The lowest BCUT2D eigenvalue weighted by Gasteiger charge is -2.25. The SMILES string of the molecule is CC1Cc2ccccc2N1CC(=O)NCCNC(=O)CN1c2ccccc2CC1C. The fourth-order valence-electron chi connectivity index (χ4n) is 4.57. The zero-order chi connectivity index (χ0) is 21.1. The highest BCUT2D eigenvalue weighted by atomic mass is 16.2. The summed E-state index contributed by atoms with van der Waals surface area (Å²) in [7, 11) is 0. The molecule has 2 aliphatic heterocycles. The number of para-hydroxylation sites is 2. The molecule has 2 atom stereocenters. The third-order valence-corrected chi connectivity index (χ3v) is 6.09. The van der Waals surface area contributed by atoms with Gasteiger partial charge in [0.2, 0.25) is 11.8 Å². The van der Waals surface area contributed by atoms with E-state index in [-0.39, 0.29) is 11.8 Å². The Morgan fingerprint density at radius 1 is 0.767 bits per heavy atom. The molecule has 0 aliphatic carbocycles. The maximum absolute atomic E-state index is 12.4. The summed E-state index contributed by atoms with van der Waals surface area (Å²) in [6, 6.07) is 17.1. The van der Waals surface area contributed by atoms with E-state index in [9.17, 15) is 9.59 Å². The third kappa shape index (κ3) is 4.27. The van der Waals surface area contributed by atoms with Gasteiger partial charge in [0.1, 0.15) is 0 Å². The van der Waals surface area contributed by atoms with Crippen molar-refractivity contribution >= 4 is 23.2 Å². The number of amides is 2. The zero-order valence-electron chi connectivity index (χ0n) is 17.7. The van der Waals surface area contributed by atoms with Gasteiger partial charge < -0.3 is 20.4 Å². The number of anilines is 2. The minimum Gasteiger partial charge on any atom is -0.359 e. The summed E-state index contributed by atoms with van der Waals surface area (Å²) in [6.07, 6.45) is 1.94.